The first kappa shape index (κ1) is 11.3. The molecule has 0 bridgehead atoms. The van der Waals surface area contributed by atoms with Crippen molar-refractivity contribution in [2.75, 3.05) is 0 Å². The van der Waals surface area contributed by atoms with E-state index in [1.54, 1.807) is 0 Å². The molecule has 86 valence electrons. The summed E-state index contributed by atoms with van der Waals surface area (Å²) in [7, 11) is 0. The van der Waals surface area contributed by atoms with E-state index < -0.39 is 0 Å². The predicted molar refractivity (Wildman–Crippen MR) is 70.2 cm³/mol. The molecular weight excluding hydrogens is 194 g/mol. The van der Waals surface area contributed by atoms with Crippen molar-refractivity contribution in [1.82, 2.24) is 4.40 Å². The van der Waals surface area contributed by atoms with Gasteiger partial charge >= 0.3 is 0 Å². The fourth-order valence-electron chi connectivity index (χ4n) is 1.88. The van der Waals surface area contributed by atoms with Crippen LogP contribution in [0, 0.1) is 0 Å². The number of hydrogen-bond donors (Lipinski definition) is 0. The van der Waals surface area contributed by atoms with E-state index in [0.29, 0.717) is 5.92 Å². The van der Waals surface area contributed by atoms with Crippen LogP contribution in [0.25, 0.3) is 5.52 Å². The molecule has 0 aliphatic heterocycles. The lowest BCUT2D eigenvalue weighted by Crippen LogP contribution is -2.09. The van der Waals surface area contributed by atoms with Gasteiger partial charge in [0.1, 0.15) is 0 Å². The Morgan fingerprint density at radius 2 is 1.75 bits per heavy atom. The fraction of sp³-hybridized carbons (Fsp3) is 0.467. The number of aromatic nitrogens is 1. The average Bonchev–Trinajstić information content (AvgIpc) is 2.58. The van der Waals surface area contributed by atoms with E-state index in [4.69, 9.17) is 0 Å². The monoisotopic (exact) mass is 215 g/mol. The number of nitrogens with zero attached hydrogens (tertiary/aromatic N) is 1. The molecule has 0 N–H and O–H groups in total. The van der Waals surface area contributed by atoms with Crippen LogP contribution >= 0.6 is 0 Å². The van der Waals surface area contributed by atoms with Crippen molar-refractivity contribution in [3.8, 4) is 0 Å². The minimum atomic E-state index is 0.226. The van der Waals surface area contributed by atoms with E-state index >= 15 is 0 Å². The van der Waals surface area contributed by atoms with Crippen LogP contribution in [0.4, 0.5) is 0 Å². The third kappa shape index (κ3) is 1.99. The smallest absolute Gasteiger partial charge is 0.0453 e. The van der Waals surface area contributed by atoms with Gasteiger partial charge in [-0.25, -0.2) is 0 Å². The summed E-state index contributed by atoms with van der Waals surface area (Å²) in [5, 5.41) is 0. The molecule has 0 unspecified atom stereocenters. The van der Waals surface area contributed by atoms with Crippen molar-refractivity contribution >= 4 is 5.52 Å². The Balaban J connectivity index is 2.54. The van der Waals surface area contributed by atoms with Gasteiger partial charge < -0.3 is 4.40 Å². The summed E-state index contributed by atoms with van der Waals surface area (Å²) in [6, 6.07) is 6.72. The van der Waals surface area contributed by atoms with Crippen molar-refractivity contribution in [3.63, 3.8) is 0 Å². The molecule has 1 nitrogen and oxygen atoms in total. The van der Waals surface area contributed by atoms with Gasteiger partial charge in [0.05, 0.1) is 0 Å². The highest BCUT2D eigenvalue weighted by molar-refractivity contribution is 5.52. The molecule has 0 atom stereocenters. The van der Waals surface area contributed by atoms with Gasteiger partial charge in [-0.3, -0.25) is 0 Å². The zero-order valence-electron chi connectivity index (χ0n) is 10.9. The summed E-state index contributed by atoms with van der Waals surface area (Å²) < 4.78 is 2.25. The molecule has 0 fully saturated rings. The van der Waals surface area contributed by atoms with Crippen molar-refractivity contribution in [3.05, 3.63) is 41.7 Å². The van der Waals surface area contributed by atoms with Crippen molar-refractivity contribution in [2.45, 2.75) is 46.0 Å². The zero-order chi connectivity index (χ0) is 11.9. The Hall–Kier alpha value is -1.24. The van der Waals surface area contributed by atoms with E-state index in [1.165, 1.54) is 16.6 Å². The summed E-state index contributed by atoms with van der Waals surface area (Å²) in [5.41, 5.74) is 4.30. The quantitative estimate of drug-likeness (QED) is 0.665. The molecule has 16 heavy (non-hydrogen) atoms. The zero-order valence-corrected chi connectivity index (χ0v) is 10.9. The Morgan fingerprint density at radius 3 is 2.31 bits per heavy atom. The lowest BCUT2D eigenvalue weighted by Gasteiger charge is -2.15. The molecule has 0 aromatic carbocycles. The molecule has 0 saturated heterocycles. The van der Waals surface area contributed by atoms with E-state index in [-0.39, 0.29) is 5.41 Å². The highest BCUT2D eigenvalue weighted by atomic mass is 14.9. The van der Waals surface area contributed by atoms with Crippen LogP contribution in [-0.2, 0) is 5.41 Å². The highest BCUT2D eigenvalue weighted by Crippen LogP contribution is 2.25. The molecule has 0 radical (unpaired) electrons. The fourth-order valence-corrected chi connectivity index (χ4v) is 1.88. The number of pyridine rings is 1. The highest BCUT2D eigenvalue weighted by Gasteiger charge is 2.15. The van der Waals surface area contributed by atoms with E-state index in [1.807, 2.05) is 0 Å². The van der Waals surface area contributed by atoms with Crippen molar-refractivity contribution in [2.24, 2.45) is 0 Å². The molecule has 0 amide bonds. The Labute approximate surface area is 98.1 Å². The van der Waals surface area contributed by atoms with Crippen LogP contribution in [-0.4, -0.2) is 4.40 Å². The molecular formula is C15H21N. The molecule has 2 aromatic rings. The van der Waals surface area contributed by atoms with Gasteiger partial charge in [0.15, 0.2) is 0 Å². The SMILES string of the molecule is CC(C)c1ccc2cc(C(C)(C)C)cn2c1. The standard InChI is InChI=1S/C15H21N/c1-11(2)12-6-7-14-8-13(15(3,4)5)10-16(14)9-12/h6-11H,1-5H3. The van der Waals surface area contributed by atoms with Crippen molar-refractivity contribution in [1.29, 1.82) is 0 Å². The van der Waals surface area contributed by atoms with Crippen LogP contribution in [0.2, 0.25) is 0 Å². The van der Waals surface area contributed by atoms with Gasteiger partial charge in [-0.05, 0) is 34.6 Å². The van der Waals surface area contributed by atoms with Crippen LogP contribution in [0.15, 0.2) is 30.6 Å². The third-order valence-corrected chi connectivity index (χ3v) is 3.15. The summed E-state index contributed by atoms with van der Waals surface area (Å²) in [4.78, 5) is 0. The third-order valence-electron chi connectivity index (χ3n) is 3.15. The molecule has 2 aromatic heterocycles. The minimum absolute atomic E-state index is 0.226. The molecule has 2 rings (SSSR count). The Kier molecular flexibility index (Phi) is 2.57. The van der Waals surface area contributed by atoms with Gasteiger partial charge in [0, 0.05) is 17.9 Å². The van der Waals surface area contributed by atoms with E-state index in [9.17, 15) is 0 Å². The predicted octanol–water partition coefficient (Wildman–Crippen LogP) is 4.36. The second-order valence-electron chi connectivity index (χ2n) is 5.93. The van der Waals surface area contributed by atoms with Crippen LogP contribution in [0.5, 0.6) is 0 Å². The topological polar surface area (TPSA) is 4.41 Å². The maximum Gasteiger partial charge on any atom is 0.0453 e. The van der Waals surface area contributed by atoms with Gasteiger partial charge in [-0.2, -0.15) is 0 Å². The Morgan fingerprint density at radius 1 is 1.06 bits per heavy atom. The first-order chi connectivity index (χ1) is 7.38. The lowest BCUT2D eigenvalue weighted by molar-refractivity contribution is 0.590. The summed E-state index contributed by atoms with van der Waals surface area (Å²) in [6.45, 7) is 11.2. The average molecular weight is 215 g/mol. The largest absolute Gasteiger partial charge is 0.323 e. The molecule has 0 aliphatic carbocycles. The minimum Gasteiger partial charge on any atom is -0.323 e. The van der Waals surface area contributed by atoms with E-state index in [0.717, 1.165) is 0 Å². The summed E-state index contributed by atoms with van der Waals surface area (Å²) >= 11 is 0. The number of fused-ring (bicyclic) bond motifs is 1. The van der Waals surface area contributed by atoms with Crippen LogP contribution in [0.3, 0.4) is 0 Å². The molecule has 2 heterocycles. The number of hydrogen-bond acceptors (Lipinski definition) is 0. The van der Waals surface area contributed by atoms with Gasteiger partial charge in [0.2, 0.25) is 0 Å². The second kappa shape index (κ2) is 3.65. The normalized spacial score (nSPS) is 12.6. The first-order valence-electron chi connectivity index (χ1n) is 6.00. The molecule has 1 heteroatoms. The molecule has 0 spiro atoms. The van der Waals surface area contributed by atoms with Gasteiger partial charge in [0.25, 0.3) is 0 Å². The van der Waals surface area contributed by atoms with Crippen LogP contribution in [0.1, 0.15) is 51.7 Å². The maximum absolute atomic E-state index is 2.28. The first-order valence-corrected chi connectivity index (χ1v) is 6.00. The molecule has 0 aliphatic rings. The van der Waals surface area contributed by atoms with Crippen LogP contribution < -0.4 is 0 Å². The van der Waals surface area contributed by atoms with Crippen molar-refractivity contribution < 1.29 is 0 Å². The van der Waals surface area contributed by atoms with E-state index in [2.05, 4.69) is 69.6 Å². The second-order valence-corrected chi connectivity index (χ2v) is 5.93. The molecule has 0 saturated carbocycles. The lowest BCUT2D eigenvalue weighted by atomic mass is 9.89. The number of rotatable bonds is 1. The summed E-state index contributed by atoms with van der Waals surface area (Å²) in [5.74, 6) is 0.588. The van der Waals surface area contributed by atoms with Gasteiger partial charge in [-0.1, -0.05) is 40.7 Å². The maximum atomic E-state index is 2.28. The summed E-state index contributed by atoms with van der Waals surface area (Å²) in [6.07, 6.45) is 4.50. The van der Waals surface area contributed by atoms with Gasteiger partial charge in [-0.15, -0.1) is 0 Å². The Bertz CT molecular complexity index is 498.